The first-order chi connectivity index (χ1) is 12.9. The molecule has 3 rings (SSSR count). The van der Waals surface area contributed by atoms with E-state index in [9.17, 15) is 13.2 Å². The van der Waals surface area contributed by atoms with Crippen molar-refractivity contribution in [2.45, 2.75) is 25.2 Å². The highest BCUT2D eigenvalue weighted by Crippen LogP contribution is 2.31. The van der Waals surface area contributed by atoms with Crippen LogP contribution in [0.4, 0.5) is 0 Å². The zero-order valence-electron chi connectivity index (χ0n) is 15.2. The lowest BCUT2D eigenvalue weighted by molar-refractivity contribution is -0.118. The molecule has 3 aromatic rings. The summed E-state index contributed by atoms with van der Waals surface area (Å²) in [6, 6.07) is 17.6. The number of nitrogens with one attached hydrogen (secondary N) is 1. The number of rotatable bonds is 6. The summed E-state index contributed by atoms with van der Waals surface area (Å²) in [6.07, 6.45) is -0.00548. The first kappa shape index (κ1) is 18.9. The molecule has 0 radical (unpaired) electrons. The van der Waals surface area contributed by atoms with Crippen LogP contribution < -0.4 is 9.46 Å². The van der Waals surface area contributed by atoms with Crippen molar-refractivity contribution < 1.29 is 17.9 Å². The second-order valence-corrected chi connectivity index (χ2v) is 7.88. The Morgan fingerprint density at radius 3 is 2.30 bits per heavy atom. The molecular weight excluding hydrogens is 362 g/mol. The van der Waals surface area contributed by atoms with Crippen molar-refractivity contribution in [2.75, 3.05) is 6.61 Å². The van der Waals surface area contributed by atoms with Crippen LogP contribution in [0.5, 0.6) is 5.75 Å². The molecule has 0 aromatic heterocycles. The second-order valence-electron chi connectivity index (χ2n) is 6.23. The number of hydrogen-bond donors (Lipinski definition) is 1. The molecule has 27 heavy (non-hydrogen) atoms. The lowest BCUT2D eigenvalue weighted by Gasteiger charge is -2.13. The molecule has 3 aromatic carbocycles. The Balaban J connectivity index is 1.89. The Morgan fingerprint density at radius 2 is 1.63 bits per heavy atom. The van der Waals surface area contributed by atoms with Crippen molar-refractivity contribution in [1.29, 1.82) is 0 Å². The molecule has 0 aliphatic heterocycles. The molecule has 0 bridgehead atoms. The van der Waals surface area contributed by atoms with Gasteiger partial charge in [0.25, 0.3) is 10.0 Å². The van der Waals surface area contributed by atoms with Crippen LogP contribution in [-0.4, -0.2) is 20.9 Å². The van der Waals surface area contributed by atoms with Crippen LogP contribution in [-0.2, 0) is 21.2 Å². The monoisotopic (exact) mass is 383 g/mol. The van der Waals surface area contributed by atoms with Crippen LogP contribution in [0.15, 0.2) is 65.6 Å². The van der Waals surface area contributed by atoms with Crippen molar-refractivity contribution in [3.63, 3.8) is 0 Å². The SMILES string of the molecule is CCOc1ccc(S(=O)(=O)NC(=O)Cc2ccc(C)cc2)c2ccccc12. The highest BCUT2D eigenvalue weighted by Gasteiger charge is 2.21. The molecule has 0 atom stereocenters. The summed E-state index contributed by atoms with van der Waals surface area (Å²) in [5.74, 6) is 0.0369. The molecule has 0 unspecified atom stereocenters. The Morgan fingerprint density at radius 1 is 0.963 bits per heavy atom. The minimum Gasteiger partial charge on any atom is -0.493 e. The van der Waals surface area contributed by atoms with Crippen LogP contribution in [0.1, 0.15) is 18.1 Å². The molecule has 0 saturated heterocycles. The minimum atomic E-state index is -4.00. The second kappa shape index (κ2) is 7.80. The number of hydrogen-bond acceptors (Lipinski definition) is 4. The maximum absolute atomic E-state index is 12.8. The molecule has 140 valence electrons. The van der Waals surface area contributed by atoms with Crippen molar-refractivity contribution in [1.82, 2.24) is 4.72 Å². The Hall–Kier alpha value is -2.86. The fourth-order valence-corrected chi connectivity index (χ4v) is 4.09. The quantitative estimate of drug-likeness (QED) is 0.706. The number of sulfonamides is 1. The highest BCUT2D eigenvalue weighted by atomic mass is 32.2. The third kappa shape index (κ3) is 4.28. The standard InChI is InChI=1S/C21H21NO4S/c1-3-26-19-12-13-20(18-7-5-4-6-17(18)19)27(24,25)22-21(23)14-16-10-8-15(2)9-11-16/h4-13H,3,14H2,1-2H3,(H,22,23). The third-order valence-corrected chi connectivity index (χ3v) is 5.60. The summed E-state index contributed by atoms with van der Waals surface area (Å²) in [6.45, 7) is 4.29. The topological polar surface area (TPSA) is 72.5 Å². The van der Waals surface area contributed by atoms with Gasteiger partial charge >= 0.3 is 0 Å². The number of carbonyl (C=O) groups excluding carboxylic acids is 1. The van der Waals surface area contributed by atoms with Crippen LogP contribution in [0.2, 0.25) is 0 Å². The molecule has 0 heterocycles. The van der Waals surface area contributed by atoms with Gasteiger partial charge in [-0.25, -0.2) is 13.1 Å². The van der Waals surface area contributed by atoms with Gasteiger partial charge in [0.1, 0.15) is 5.75 Å². The summed E-state index contributed by atoms with van der Waals surface area (Å²) >= 11 is 0. The predicted octanol–water partition coefficient (Wildman–Crippen LogP) is 3.59. The average molecular weight is 383 g/mol. The van der Waals surface area contributed by atoms with Crippen LogP contribution in [0.3, 0.4) is 0 Å². The van der Waals surface area contributed by atoms with E-state index in [2.05, 4.69) is 4.72 Å². The first-order valence-electron chi connectivity index (χ1n) is 8.66. The van der Waals surface area contributed by atoms with Gasteiger partial charge in [-0.2, -0.15) is 0 Å². The van der Waals surface area contributed by atoms with Gasteiger partial charge < -0.3 is 4.74 Å². The number of amides is 1. The van der Waals surface area contributed by atoms with Gasteiger partial charge in [-0.05, 0) is 31.5 Å². The fraction of sp³-hybridized carbons (Fsp3) is 0.190. The summed E-state index contributed by atoms with van der Waals surface area (Å²) in [4.78, 5) is 12.3. The van der Waals surface area contributed by atoms with Crippen molar-refractivity contribution in [2.24, 2.45) is 0 Å². The molecule has 0 fully saturated rings. The normalized spacial score (nSPS) is 11.3. The summed E-state index contributed by atoms with van der Waals surface area (Å²) in [5.41, 5.74) is 1.83. The maximum Gasteiger partial charge on any atom is 0.264 e. The van der Waals surface area contributed by atoms with E-state index in [0.717, 1.165) is 11.1 Å². The van der Waals surface area contributed by atoms with Crippen molar-refractivity contribution in [3.05, 3.63) is 71.8 Å². The zero-order chi connectivity index (χ0) is 19.4. The van der Waals surface area contributed by atoms with Crippen LogP contribution >= 0.6 is 0 Å². The van der Waals surface area contributed by atoms with Crippen molar-refractivity contribution in [3.8, 4) is 5.75 Å². The first-order valence-corrected chi connectivity index (χ1v) is 10.1. The Bertz CT molecular complexity index is 1070. The molecule has 0 spiro atoms. The lowest BCUT2D eigenvalue weighted by Crippen LogP contribution is -2.32. The zero-order valence-corrected chi connectivity index (χ0v) is 16.0. The predicted molar refractivity (Wildman–Crippen MR) is 105 cm³/mol. The van der Waals surface area contributed by atoms with Crippen LogP contribution in [0, 0.1) is 6.92 Å². The number of benzene rings is 3. The number of ether oxygens (including phenoxy) is 1. The maximum atomic E-state index is 12.8. The Kier molecular flexibility index (Phi) is 5.46. The molecule has 0 saturated carbocycles. The molecule has 1 N–H and O–H groups in total. The fourth-order valence-electron chi connectivity index (χ4n) is 2.89. The summed E-state index contributed by atoms with van der Waals surface area (Å²) < 4.78 is 33.3. The number of carbonyl (C=O) groups is 1. The summed E-state index contributed by atoms with van der Waals surface area (Å²) in [5, 5.41) is 1.20. The Labute approximate surface area is 159 Å². The lowest BCUT2D eigenvalue weighted by atomic mass is 10.1. The smallest absolute Gasteiger partial charge is 0.264 e. The van der Waals surface area contributed by atoms with Gasteiger partial charge in [0.2, 0.25) is 5.91 Å². The van der Waals surface area contributed by atoms with E-state index in [4.69, 9.17) is 4.74 Å². The molecular formula is C21H21NO4S. The summed E-state index contributed by atoms with van der Waals surface area (Å²) in [7, 11) is -4.00. The van der Waals surface area contributed by atoms with E-state index in [1.165, 1.54) is 6.07 Å². The van der Waals surface area contributed by atoms with Gasteiger partial charge in [0.05, 0.1) is 17.9 Å². The van der Waals surface area contributed by atoms with Gasteiger partial charge in [-0.15, -0.1) is 0 Å². The molecule has 1 amide bonds. The van der Waals surface area contributed by atoms with E-state index in [-0.39, 0.29) is 11.3 Å². The highest BCUT2D eigenvalue weighted by molar-refractivity contribution is 7.90. The van der Waals surface area contributed by atoms with Gasteiger partial charge in [-0.1, -0.05) is 54.1 Å². The molecule has 6 heteroatoms. The molecule has 0 aliphatic carbocycles. The van der Waals surface area contributed by atoms with E-state index < -0.39 is 15.9 Å². The molecule has 5 nitrogen and oxygen atoms in total. The average Bonchev–Trinajstić information content (AvgIpc) is 2.63. The van der Waals surface area contributed by atoms with Gasteiger partial charge in [0, 0.05) is 10.8 Å². The van der Waals surface area contributed by atoms with Crippen molar-refractivity contribution >= 4 is 26.7 Å². The molecule has 0 aliphatic rings. The number of fused-ring (bicyclic) bond motifs is 1. The third-order valence-electron chi connectivity index (χ3n) is 4.17. The number of aryl methyl sites for hydroxylation is 1. The minimum absolute atomic E-state index is 0.00548. The van der Waals surface area contributed by atoms with E-state index in [1.54, 1.807) is 24.3 Å². The van der Waals surface area contributed by atoms with E-state index >= 15 is 0 Å². The van der Waals surface area contributed by atoms with Gasteiger partial charge in [0.15, 0.2) is 0 Å². The largest absolute Gasteiger partial charge is 0.493 e. The van der Waals surface area contributed by atoms with Crippen LogP contribution in [0.25, 0.3) is 10.8 Å². The van der Waals surface area contributed by atoms with E-state index in [1.807, 2.05) is 44.2 Å². The van der Waals surface area contributed by atoms with E-state index in [0.29, 0.717) is 23.1 Å². The van der Waals surface area contributed by atoms with Gasteiger partial charge in [-0.3, -0.25) is 4.79 Å².